The highest BCUT2D eigenvalue weighted by Gasteiger charge is 2.31. The Bertz CT molecular complexity index is 1830. The van der Waals surface area contributed by atoms with Crippen molar-refractivity contribution in [2.24, 2.45) is 0 Å². The molecule has 0 fully saturated rings. The molecule has 0 spiro atoms. The number of nitrogens with zero attached hydrogens (tertiary/aromatic N) is 5. The Labute approximate surface area is 264 Å². The molecule has 3 heterocycles. The van der Waals surface area contributed by atoms with Crippen LogP contribution in [0, 0.1) is 0 Å². The Balaban J connectivity index is 1.33. The van der Waals surface area contributed by atoms with Crippen molar-refractivity contribution in [2.45, 2.75) is 32.6 Å². The molecule has 1 N–H and O–H groups in total. The van der Waals surface area contributed by atoms with Gasteiger partial charge in [0.05, 0.1) is 28.0 Å². The maximum absolute atomic E-state index is 13.5. The number of halogens is 3. The molecule has 3 aromatic heterocycles. The third-order valence-electron chi connectivity index (χ3n) is 7.68. The fourth-order valence-electron chi connectivity index (χ4n) is 5.33. The van der Waals surface area contributed by atoms with E-state index in [9.17, 15) is 22.8 Å². The van der Waals surface area contributed by atoms with Crippen LogP contribution in [0.25, 0.3) is 22.2 Å². The lowest BCUT2D eigenvalue weighted by atomic mass is 10.0. The topological polar surface area (TPSA) is 91.3 Å². The number of anilines is 1. The molecule has 0 saturated carbocycles. The second kappa shape index (κ2) is 13.9. The number of aromatic nitrogens is 3. The Hall–Kier alpha value is -5.16. The summed E-state index contributed by atoms with van der Waals surface area (Å²) in [5.74, 6) is -0.194. The monoisotopic (exact) mass is 626 g/mol. The molecule has 0 aliphatic heterocycles. The molecule has 0 aliphatic carbocycles. The van der Waals surface area contributed by atoms with Crippen LogP contribution in [0.1, 0.15) is 47.1 Å². The molecule has 0 radical (unpaired) electrons. The molecule has 5 rings (SSSR count). The van der Waals surface area contributed by atoms with Crippen LogP contribution in [0.3, 0.4) is 0 Å². The molecule has 46 heavy (non-hydrogen) atoms. The maximum Gasteiger partial charge on any atom is 0.416 e. The number of fused-ring (bicyclic) bond motifs is 1. The van der Waals surface area contributed by atoms with Gasteiger partial charge in [-0.15, -0.1) is 0 Å². The first-order valence-corrected chi connectivity index (χ1v) is 14.8. The third-order valence-corrected chi connectivity index (χ3v) is 7.68. The average molecular weight is 627 g/mol. The molecule has 8 nitrogen and oxygen atoms in total. The van der Waals surface area contributed by atoms with Gasteiger partial charge in [0.1, 0.15) is 11.9 Å². The zero-order valence-corrected chi connectivity index (χ0v) is 25.6. The first-order chi connectivity index (χ1) is 22.1. The van der Waals surface area contributed by atoms with E-state index in [1.807, 2.05) is 68.3 Å². The SMILES string of the molecule is CCN(CC)C(=O)C(c1ccccn1)N(C)Cc1ccc2nc(NC(=O)c3cccnc3-c3ccc(C(F)(F)F)cc3)ccc2c1. The molecule has 11 heteroatoms. The van der Waals surface area contributed by atoms with Gasteiger partial charge in [-0.1, -0.05) is 24.3 Å². The summed E-state index contributed by atoms with van der Waals surface area (Å²) in [5, 5.41) is 3.63. The molecule has 236 valence electrons. The molecule has 2 amide bonds. The Morgan fingerprint density at radius 3 is 2.28 bits per heavy atom. The maximum atomic E-state index is 13.5. The number of carbonyl (C=O) groups is 2. The lowest BCUT2D eigenvalue weighted by Gasteiger charge is -2.31. The van der Waals surface area contributed by atoms with E-state index < -0.39 is 23.7 Å². The standard InChI is InChI=1S/C35H33F3N6O2/c1-4-44(5-2)34(46)32(29-10-6-7-19-39-29)43(3)22-23-11-17-28-25(21-23)14-18-30(41-28)42-33(45)27-9-8-20-40-31(27)24-12-15-26(16-13-24)35(36,37)38/h6-21,32H,4-5,22H2,1-3H3,(H,41,42,45). The van der Waals surface area contributed by atoms with E-state index in [2.05, 4.69) is 20.3 Å². The number of likely N-dealkylation sites (N-methyl/N-ethyl adjacent to an activating group) is 2. The summed E-state index contributed by atoms with van der Waals surface area (Å²) in [4.78, 5) is 43.9. The number of rotatable bonds is 10. The number of nitrogens with one attached hydrogen (secondary N) is 1. The lowest BCUT2D eigenvalue weighted by molar-refractivity contribution is -0.138. The minimum atomic E-state index is -4.46. The van der Waals surface area contributed by atoms with E-state index in [0.717, 1.165) is 23.1 Å². The zero-order chi connectivity index (χ0) is 32.8. The van der Waals surface area contributed by atoms with Crippen LogP contribution >= 0.6 is 0 Å². The van der Waals surface area contributed by atoms with Crippen LogP contribution in [0.15, 0.2) is 97.3 Å². The molecule has 1 atom stereocenters. The summed E-state index contributed by atoms with van der Waals surface area (Å²) in [5.41, 5.74) is 2.36. The van der Waals surface area contributed by atoms with Gasteiger partial charge in [0.25, 0.3) is 5.91 Å². The van der Waals surface area contributed by atoms with Crippen molar-refractivity contribution in [3.8, 4) is 11.3 Å². The van der Waals surface area contributed by atoms with Crippen molar-refractivity contribution in [3.05, 3.63) is 120 Å². The van der Waals surface area contributed by atoms with Crippen LogP contribution in [0.2, 0.25) is 0 Å². The smallest absolute Gasteiger partial charge is 0.342 e. The number of hydrogen-bond donors (Lipinski definition) is 1. The van der Waals surface area contributed by atoms with Gasteiger partial charge >= 0.3 is 6.18 Å². The second-order valence-electron chi connectivity index (χ2n) is 10.7. The van der Waals surface area contributed by atoms with Crippen LogP contribution in [0.5, 0.6) is 0 Å². The number of amides is 2. The number of alkyl halides is 3. The van der Waals surface area contributed by atoms with E-state index in [-0.39, 0.29) is 17.2 Å². The van der Waals surface area contributed by atoms with Crippen LogP contribution in [-0.2, 0) is 17.5 Å². The summed E-state index contributed by atoms with van der Waals surface area (Å²) < 4.78 is 39.1. The van der Waals surface area contributed by atoms with Gasteiger partial charge in [-0.05, 0) is 87.1 Å². The third kappa shape index (κ3) is 7.21. The fraction of sp³-hybridized carbons (Fsp3) is 0.229. The molecular formula is C35H33F3N6O2. The van der Waals surface area contributed by atoms with Gasteiger partial charge in [-0.25, -0.2) is 4.98 Å². The van der Waals surface area contributed by atoms with E-state index in [0.29, 0.717) is 42.2 Å². The summed E-state index contributed by atoms with van der Waals surface area (Å²) in [6, 6.07) is 22.0. The van der Waals surface area contributed by atoms with Crippen molar-refractivity contribution in [1.29, 1.82) is 0 Å². The van der Waals surface area contributed by atoms with E-state index >= 15 is 0 Å². The predicted octanol–water partition coefficient (Wildman–Crippen LogP) is 7.00. The highest BCUT2D eigenvalue weighted by Crippen LogP contribution is 2.31. The summed E-state index contributed by atoms with van der Waals surface area (Å²) >= 11 is 0. The minimum Gasteiger partial charge on any atom is -0.342 e. The second-order valence-corrected chi connectivity index (χ2v) is 10.7. The summed E-state index contributed by atoms with van der Waals surface area (Å²) in [7, 11) is 1.90. The van der Waals surface area contributed by atoms with Crippen molar-refractivity contribution in [1.82, 2.24) is 24.8 Å². The fourth-order valence-corrected chi connectivity index (χ4v) is 5.33. The van der Waals surface area contributed by atoms with Crippen molar-refractivity contribution < 1.29 is 22.8 Å². The van der Waals surface area contributed by atoms with Gasteiger partial charge in [-0.3, -0.25) is 24.5 Å². The highest BCUT2D eigenvalue weighted by atomic mass is 19.4. The Kier molecular flexibility index (Phi) is 9.72. The molecule has 0 bridgehead atoms. The zero-order valence-electron chi connectivity index (χ0n) is 25.6. The molecule has 0 aliphatic rings. The van der Waals surface area contributed by atoms with E-state index in [4.69, 9.17) is 0 Å². The predicted molar refractivity (Wildman–Crippen MR) is 171 cm³/mol. The molecule has 2 aromatic carbocycles. The normalized spacial score (nSPS) is 12.2. The first-order valence-electron chi connectivity index (χ1n) is 14.8. The Morgan fingerprint density at radius 2 is 1.61 bits per heavy atom. The number of benzene rings is 2. The van der Waals surface area contributed by atoms with Crippen LogP contribution < -0.4 is 5.32 Å². The van der Waals surface area contributed by atoms with Crippen LogP contribution in [0.4, 0.5) is 19.0 Å². The van der Waals surface area contributed by atoms with E-state index in [1.54, 1.807) is 29.3 Å². The van der Waals surface area contributed by atoms with Crippen LogP contribution in [-0.4, -0.2) is 56.7 Å². The number of hydrogen-bond acceptors (Lipinski definition) is 6. The quantitative estimate of drug-likeness (QED) is 0.180. The average Bonchev–Trinajstić information content (AvgIpc) is 3.05. The largest absolute Gasteiger partial charge is 0.416 e. The molecule has 5 aromatic rings. The van der Waals surface area contributed by atoms with Gasteiger partial charge in [0.15, 0.2) is 0 Å². The van der Waals surface area contributed by atoms with Gasteiger partial charge in [0.2, 0.25) is 5.91 Å². The molecule has 0 saturated heterocycles. The van der Waals surface area contributed by atoms with Crippen molar-refractivity contribution in [3.63, 3.8) is 0 Å². The first kappa shape index (κ1) is 32.2. The van der Waals surface area contributed by atoms with E-state index in [1.165, 1.54) is 18.3 Å². The highest BCUT2D eigenvalue weighted by molar-refractivity contribution is 6.08. The van der Waals surface area contributed by atoms with Gasteiger partial charge in [0, 0.05) is 43.0 Å². The minimum absolute atomic E-state index is 0.0101. The number of carbonyl (C=O) groups excluding carboxylic acids is 2. The van der Waals surface area contributed by atoms with Gasteiger partial charge < -0.3 is 10.2 Å². The summed E-state index contributed by atoms with van der Waals surface area (Å²) in [6.07, 6.45) is -1.30. The number of pyridine rings is 3. The molecular weight excluding hydrogens is 593 g/mol. The van der Waals surface area contributed by atoms with Crippen molar-refractivity contribution in [2.75, 3.05) is 25.5 Å². The Morgan fingerprint density at radius 1 is 0.870 bits per heavy atom. The summed E-state index contributed by atoms with van der Waals surface area (Å²) in [6.45, 7) is 5.60. The van der Waals surface area contributed by atoms with Gasteiger partial charge in [-0.2, -0.15) is 13.2 Å². The van der Waals surface area contributed by atoms with Crippen molar-refractivity contribution >= 4 is 28.5 Å². The lowest BCUT2D eigenvalue weighted by Crippen LogP contribution is -2.41. The molecule has 1 unspecified atom stereocenters.